The van der Waals surface area contributed by atoms with Crippen LogP contribution in [-0.2, 0) is 0 Å². The summed E-state index contributed by atoms with van der Waals surface area (Å²) in [6.07, 6.45) is 1.16. The minimum absolute atomic E-state index is 0.0606. The van der Waals surface area contributed by atoms with Gasteiger partial charge < -0.3 is 5.11 Å². The summed E-state index contributed by atoms with van der Waals surface area (Å²) in [4.78, 5) is 24.1. The molecular weight excluding hydrogens is 234 g/mol. The number of aliphatic hydroxyl groups excluding tert-OH is 1. The van der Waals surface area contributed by atoms with Crippen molar-refractivity contribution in [1.82, 2.24) is 9.55 Å². The van der Waals surface area contributed by atoms with Crippen molar-refractivity contribution in [3.8, 4) is 0 Å². The number of alkyl halides is 1. The summed E-state index contributed by atoms with van der Waals surface area (Å²) in [7, 11) is 0. The van der Waals surface area contributed by atoms with Gasteiger partial charge in [-0.1, -0.05) is 0 Å². The molecule has 2 N–H and O–H groups in total. The van der Waals surface area contributed by atoms with Crippen molar-refractivity contribution in [3.63, 3.8) is 0 Å². The second-order valence-corrected chi connectivity index (χ2v) is 4.35. The van der Waals surface area contributed by atoms with Crippen molar-refractivity contribution in [2.24, 2.45) is 0 Å². The number of nitrogens with one attached hydrogen (secondary N) is 1. The molecule has 1 saturated carbocycles. The Morgan fingerprint density at radius 3 is 2.88 bits per heavy atom. The second-order valence-electron chi connectivity index (χ2n) is 4.35. The Labute approximate surface area is 94.7 Å². The van der Waals surface area contributed by atoms with Gasteiger partial charge in [-0.25, -0.2) is 9.18 Å². The molecule has 0 aliphatic heterocycles. The fourth-order valence-corrected chi connectivity index (χ4v) is 2.16. The van der Waals surface area contributed by atoms with E-state index in [4.69, 9.17) is 5.11 Å². The van der Waals surface area contributed by atoms with Gasteiger partial charge in [0.1, 0.15) is 5.67 Å². The van der Waals surface area contributed by atoms with Crippen LogP contribution in [0, 0.1) is 5.82 Å². The van der Waals surface area contributed by atoms with E-state index in [2.05, 4.69) is 0 Å². The molecule has 1 aromatic heterocycles. The number of halogens is 2. The van der Waals surface area contributed by atoms with Gasteiger partial charge in [-0.2, -0.15) is 4.39 Å². The first-order valence-electron chi connectivity index (χ1n) is 5.26. The Morgan fingerprint density at radius 1 is 1.59 bits per heavy atom. The first-order chi connectivity index (χ1) is 7.95. The lowest BCUT2D eigenvalue weighted by atomic mass is 10.1. The molecule has 0 aromatic carbocycles. The van der Waals surface area contributed by atoms with Gasteiger partial charge in [0, 0.05) is 12.5 Å². The molecule has 0 radical (unpaired) electrons. The summed E-state index contributed by atoms with van der Waals surface area (Å²) in [5.41, 5.74) is -3.57. The van der Waals surface area contributed by atoms with E-state index in [1.807, 2.05) is 4.98 Å². The molecule has 1 fully saturated rings. The largest absolute Gasteiger partial charge is 0.393 e. The van der Waals surface area contributed by atoms with Gasteiger partial charge in [-0.3, -0.25) is 14.3 Å². The standard InChI is InChI=1S/C10H12F2N2O3/c11-7-4-14(9(17)13-8(7)16)6-1-2-10(12,3-6)5-15/h4,6,15H,1-3,5H2,(H,13,16,17)/t6-,10-/m0/s1. The number of hydrogen-bond acceptors (Lipinski definition) is 3. The molecule has 0 spiro atoms. The molecule has 0 amide bonds. The van der Waals surface area contributed by atoms with Crippen molar-refractivity contribution < 1.29 is 13.9 Å². The highest BCUT2D eigenvalue weighted by Crippen LogP contribution is 2.39. The number of nitrogens with zero attached hydrogens (tertiary/aromatic N) is 1. The summed E-state index contributed by atoms with van der Waals surface area (Å²) < 4.78 is 27.8. The zero-order chi connectivity index (χ0) is 12.6. The lowest BCUT2D eigenvalue weighted by Crippen LogP contribution is -2.34. The van der Waals surface area contributed by atoms with Crippen LogP contribution in [0.5, 0.6) is 0 Å². The number of hydrogen-bond donors (Lipinski definition) is 2. The lowest BCUT2D eigenvalue weighted by molar-refractivity contribution is 0.0737. The van der Waals surface area contributed by atoms with Crippen LogP contribution in [0.15, 0.2) is 15.8 Å². The minimum Gasteiger partial charge on any atom is -0.393 e. The number of aromatic nitrogens is 2. The molecule has 7 heteroatoms. The molecule has 2 atom stereocenters. The zero-order valence-corrected chi connectivity index (χ0v) is 8.95. The average molecular weight is 246 g/mol. The quantitative estimate of drug-likeness (QED) is 0.777. The number of aliphatic hydroxyl groups is 1. The van der Waals surface area contributed by atoms with E-state index in [1.165, 1.54) is 0 Å². The van der Waals surface area contributed by atoms with Gasteiger partial charge in [0.25, 0.3) is 5.56 Å². The second kappa shape index (κ2) is 4.06. The van der Waals surface area contributed by atoms with Crippen molar-refractivity contribution >= 4 is 0 Å². The van der Waals surface area contributed by atoms with E-state index in [0.717, 1.165) is 10.8 Å². The molecule has 5 nitrogen and oxygen atoms in total. The van der Waals surface area contributed by atoms with Gasteiger partial charge in [-0.15, -0.1) is 0 Å². The zero-order valence-electron chi connectivity index (χ0n) is 8.95. The van der Waals surface area contributed by atoms with Crippen LogP contribution in [0.2, 0.25) is 0 Å². The van der Waals surface area contributed by atoms with Gasteiger partial charge in [0.05, 0.1) is 12.8 Å². The topological polar surface area (TPSA) is 75.1 Å². The van der Waals surface area contributed by atoms with Gasteiger partial charge >= 0.3 is 5.69 Å². The highest BCUT2D eigenvalue weighted by atomic mass is 19.1. The average Bonchev–Trinajstić information content (AvgIpc) is 2.67. The number of aromatic amines is 1. The number of rotatable bonds is 2. The molecule has 1 heterocycles. The Hall–Kier alpha value is -1.50. The highest BCUT2D eigenvalue weighted by Gasteiger charge is 2.40. The van der Waals surface area contributed by atoms with E-state index >= 15 is 0 Å². The Morgan fingerprint density at radius 2 is 2.29 bits per heavy atom. The smallest absolute Gasteiger partial charge is 0.328 e. The first-order valence-corrected chi connectivity index (χ1v) is 5.26. The molecule has 2 rings (SSSR count). The van der Waals surface area contributed by atoms with Gasteiger partial charge in [0.2, 0.25) is 5.82 Å². The summed E-state index contributed by atoms with van der Waals surface area (Å²) in [5, 5.41) is 8.86. The maximum Gasteiger partial charge on any atom is 0.328 e. The lowest BCUT2D eigenvalue weighted by Gasteiger charge is -2.17. The summed E-state index contributed by atoms with van der Waals surface area (Å²) >= 11 is 0. The monoisotopic (exact) mass is 246 g/mol. The maximum absolute atomic E-state index is 13.8. The summed E-state index contributed by atoms with van der Waals surface area (Å²) in [6.45, 7) is -0.621. The SMILES string of the molecule is O=c1[nH]c(=O)n([C@H]2CC[C@@](F)(CO)C2)cc1F. The van der Waals surface area contributed by atoms with Crippen LogP contribution in [0.4, 0.5) is 8.78 Å². The molecule has 1 aliphatic carbocycles. The molecule has 0 unspecified atom stereocenters. The van der Waals surface area contributed by atoms with E-state index in [1.54, 1.807) is 0 Å². The van der Waals surface area contributed by atoms with E-state index in [0.29, 0.717) is 6.42 Å². The summed E-state index contributed by atoms with van der Waals surface area (Å²) in [5.74, 6) is -1.08. The van der Waals surface area contributed by atoms with Crippen LogP contribution >= 0.6 is 0 Å². The van der Waals surface area contributed by atoms with Crippen molar-refractivity contribution in [3.05, 3.63) is 32.9 Å². The van der Waals surface area contributed by atoms with Crippen LogP contribution < -0.4 is 11.2 Å². The molecule has 94 valence electrons. The van der Waals surface area contributed by atoms with E-state index in [-0.39, 0.29) is 12.8 Å². The summed E-state index contributed by atoms with van der Waals surface area (Å²) in [6, 6.07) is -0.536. The fourth-order valence-electron chi connectivity index (χ4n) is 2.16. The van der Waals surface area contributed by atoms with Crippen molar-refractivity contribution in [2.75, 3.05) is 6.61 Å². The number of H-pyrrole nitrogens is 1. The molecule has 1 aliphatic rings. The van der Waals surface area contributed by atoms with E-state index < -0.39 is 35.4 Å². The third kappa shape index (κ3) is 2.14. The van der Waals surface area contributed by atoms with Crippen LogP contribution in [-0.4, -0.2) is 26.9 Å². The van der Waals surface area contributed by atoms with Crippen LogP contribution in [0.1, 0.15) is 25.3 Å². The van der Waals surface area contributed by atoms with Crippen LogP contribution in [0.25, 0.3) is 0 Å². The Kier molecular flexibility index (Phi) is 2.86. The Balaban J connectivity index is 2.34. The minimum atomic E-state index is -1.73. The molecule has 0 saturated heterocycles. The molecule has 0 bridgehead atoms. The van der Waals surface area contributed by atoms with Crippen molar-refractivity contribution in [2.45, 2.75) is 31.0 Å². The normalized spacial score (nSPS) is 28.5. The third-order valence-corrected chi connectivity index (χ3v) is 3.13. The van der Waals surface area contributed by atoms with Gasteiger partial charge in [0.15, 0.2) is 0 Å². The van der Waals surface area contributed by atoms with E-state index in [9.17, 15) is 18.4 Å². The third-order valence-electron chi connectivity index (χ3n) is 3.13. The predicted molar refractivity (Wildman–Crippen MR) is 55.1 cm³/mol. The van der Waals surface area contributed by atoms with Gasteiger partial charge in [-0.05, 0) is 12.8 Å². The van der Waals surface area contributed by atoms with Crippen LogP contribution in [0.3, 0.4) is 0 Å². The van der Waals surface area contributed by atoms with Crippen molar-refractivity contribution in [1.29, 1.82) is 0 Å². The molecule has 1 aromatic rings. The first kappa shape index (κ1) is 12.0. The Bertz CT molecular complexity index is 539. The maximum atomic E-state index is 13.8. The predicted octanol–water partition coefficient (Wildman–Crippen LogP) is 0.101. The highest BCUT2D eigenvalue weighted by molar-refractivity contribution is 4.96. The molecule has 17 heavy (non-hydrogen) atoms. The molecular formula is C10H12F2N2O3. The fraction of sp³-hybridized carbons (Fsp3) is 0.600.